The number of nitrogens with two attached hydrogens (primary N) is 1. The first-order valence-electron chi connectivity index (χ1n) is 3.99. The van der Waals surface area contributed by atoms with Gasteiger partial charge in [-0.25, -0.2) is 4.79 Å². The first kappa shape index (κ1) is 10.2. The molecule has 0 saturated carbocycles. The molecule has 0 spiro atoms. The summed E-state index contributed by atoms with van der Waals surface area (Å²) >= 11 is 0. The molecule has 0 aliphatic carbocycles. The molecule has 14 heavy (non-hydrogen) atoms. The molecule has 6 nitrogen and oxygen atoms in total. The minimum Gasteiger partial charge on any atom is -0.472 e. The molecule has 0 atom stereocenters. The van der Waals surface area contributed by atoms with Gasteiger partial charge in [0.05, 0.1) is 0 Å². The van der Waals surface area contributed by atoms with Gasteiger partial charge < -0.3 is 15.3 Å². The highest BCUT2D eigenvalue weighted by molar-refractivity contribution is 5.86. The van der Waals surface area contributed by atoms with Gasteiger partial charge in [-0.2, -0.15) is 0 Å². The van der Waals surface area contributed by atoms with Crippen molar-refractivity contribution in [3.63, 3.8) is 0 Å². The van der Waals surface area contributed by atoms with E-state index in [1.54, 1.807) is 0 Å². The summed E-state index contributed by atoms with van der Waals surface area (Å²) in [6.45, 7) is 0.540. The van der Waals surface area contributed by atoms with E-state index in [1.165, 1.54) is 0 Å². The quantitative estimate of drug-likeness (QED) is 0.624. The van der Waals surface area contributed by atoms with E-state index in [0.29, 0.717) is 18.9 Å². The number of nitrogens with zero attached hydrogens (tertiary/aromatic N) is 2. The van der Waals surface area contributed by atoms with Crippen LogP contribution in [0.4, 0.5) is 0 Å². The van der Waals surface area contributed by atoms with Crippen LogP contribution in [0.3, 0.4) is 0 Å². The van der Waals surface area contributed by atoms with Crippen LogP contribution in [-0.4, -0.2) is 27.8 Å². The van der Waals surface area contributed by atoms with E-state index in [4.69, 9.17) is 15.3 Å². The van der Waals surface area contributed by atoms with Crippen LogP contribution in [-0.2, 0) is 11.2 Å². The largest absolute Gasteiger partial charge is 0.472 e. The maximum atomic E-state index is 10.1. The number of aliphatic carboxylic acids is 1. The van der Waals surface area contributed by atoms with E-state index < -0.39 is 5.97 Å². The number of hydrogen-bond acceptors (Lipinski definition) is 5. The summed E-state index contributed by atoms with van der Waals surface area (Å²) in [6.07, 6.45) is 1.33. The fourth-order valence-corrected chi connectivity index (χ4v) is 0.765. The van der Waals surface area contributed by atoms with Crippen LogP contribution >= 0.6 is 0 Å². The van der Waals surface area contributed by atoms with E-state index in [0.717, 1.165) is 6.42 Å². The zero-order valence-electron chi connectivity index (χ0n) is 7.36. The third-order valence-corrected chi connectivity index (χ3v) is 1.34. The number of hydrogen-bond donors (Lipinski definition) is 2. The normalized spacial score (nSPS) is 9.21. The second-order valence-electron chi connectivity index (χ2n) is 2.45. The Kier molecular flexibility index (Phi) is 3.64. The predicted molar refractivity (Wildman–Crippen MR) is 46.2 cm³/mol. The molecule has 1 aromatic heterocycles. The third kappa shape index (κ3) is 3.25. The fraction of sp³-hybridized carbons (Fsp3) is 0.375. The Bertz CT molecular complexity index is 375. The molecule has 1 heterocycles. The Hall–Kier alpha value is -1.87. The van der Waals surface area contributed by atoms with Gasteiger partial charge in [0.15, 0.2) is 0 Å². The van der Waals surface area contributed by atoms with Crippen molar-refractivity contribution < 1.29 is 14.3 Å². The molecule has 0 bridgehead atoms. The standard InChI is InChI=1S/C8H9N3O3/c9-5-1-2-6-10-11-7(14-6)3-4-8(12)13/h1-2,5,9H2,(H,12,13). The van der Waals surface area contributed by atoms with E-state index in [-0.39, 0.29) is 5.89 Å². The van der Waals surface area contributed by atoms with Gasteiger partial charge in [-0.15, -0.1) is 5.10 Å². The highest BCUT2D eigenvalue weighted by Gasteiger charge is 2.02. The number of carbonyl (C=O) groups is 1. The van der Waals surface area contributed by atoms with Gasteiger partial charge in [0.2, 0.25) is 5.89 Å². The summed E-state index contributed by atoms with van der Waals surface area (Å²) in [5, 5.41) is 15.5. The summed E-state index contributed by atoms with van der Waals surface area (Å²) in [7, 11) is 0. The summed E-state index contributed by atoms with van der Waals surface area (Å²) in [4.78, 5) is 10.1. The molecule has 0 saturated heterocycles. The van der Waals surface area contributed by atoms with Crippen LogP contribution in [0, 0.1) is 11.8 Å². The third-order valence-electron chi connectivity index (χ3n) is 1.34. The minimum absolute atomic E-state index is 0.0134. The van der Waals surface area contributed by atoms with Crippen LogP contribution in [0.25, 0.3) is 0 Å². The maximum Gasteiger partial charge on any atom is 0.382 e. The van der Waals surface area contributed by atoms with Crippen molar-refractivity contribution in [2.45, 2.75) is 12.8 Å². The number of aromatic nitrogens is 2. The Morgan fingerprint density at radius 3 is 3.00 bits per heavy atom. The van der Waals surface area contributed by atoms with Gasteiger partial charge in [-0.3, -0.25) is 0 Å². The predicted octanol–water partition coefficient (Wildman–Crippen LogP) is -0.603. The van der Waals surface area contributed by atoms with Gasteiger partial charge in [0.25, 0.3) is 5.89 Å². The number of carboxylic acids is 1. The highest BCUT2D eigenvalue weighted by Crippen LogP contribution is 2.00. The molecule has 0 radical (unpaired) electrons. The SMILES string of the molecule is NCCCc1nnc(C#CC(=O)O)o1. The van der Waals surface area contributed by atoms with Crippen molar-refractivity contribution in [1.82, 2.24) is 10.2 Å². The molecule has 1 aromatic rings. The van der Waals surface area contributed by atoms with Crippen LogP contribution in [0.5, 0.6) is 0 Å². The highest BCUT2D eigenvalue weighted by atomic mass is 16.4. The second kappa shape index (κ2) is 4.99. The fourth-order valence-electron chi connectivity index (χ4n) is 0.765. The van der Waals surface area contributed by atoms with Crippen LogP contribution in [0.15, 0.2) is 4.42 Å². The zero-order valence-corrected chi connectivity index (χ0v) is 7.36. The van der Waals surface area contributed by atoms with E-state index in [9.17, 15) is 4.79 Å². The molecule has 0 unspecified atom stereocenters. The van der Waals surface area contributed by atoms with Crippen molar-refractivity contribution in [3.05, 3.63) is 11.8 Å². The van der Waals surface area contributed by atoms with Crippen molar-refractivity contribution in [1.29, 1.82) is 0 Å². The Labute approximate surface area is 80.1 Å². The van der Waals surface area contributed by atoms with Gasteiger partial charge in [0.1, 0.15) is 0 Å². The Balaban J connectivity index is 2.60. The van der Waals surface area contributed by atoms with E-state index >= 15 is 0 Å². The summed E-state index contributed by atoms with van der Waals surface area (Å²) in [6, 6.07) is 0. The molecular formula is C8H9N3O3. The molecular weight excluding hydrogens is 186 g/mol. The molecule has 6 heteroatoms. The van der Waals surface area contributed by atoms with Crippen molar-refractivity contribution in [3.8, 4) is 11.8 Å². The number of aryl methyl sites for hydroxylation is 1. The monoisotopic (exact) mass is 195 g/mol. The topological polar surface area (TPSA) is 102 Å². The van der Waals surface area contributed by atoms with Crippen LogP contribution < -0.4 is 5.73 Å². The summed E-state index contributed by atoms with van der Waals surface area (Å²) in [5.74, 6) is 3.30. The average Bonchev–Trinajstić information content (AvgIpc) is 2.59. The first-order chi connectivity index (χ1) is 6.72. The van der Waals surface area contributed by atoms with Gasteiger partial charge >= 0.3 is 5.97 Å². The average molecular weight is 195 g/mol. The lowest BCUT2D eigenvalue weighted by Gasteiger charge is -1.88. The van der Waals surface area contributed by atoms with Crippen LogP contribution in [0.2, 0.25) is 0 Å². The summed E-state index contributed by atoms with van der Waals surface area (Å²) in [5.41, 5.74) is 5.29. The molecule has 0 fully saturated rings. The zero-order chi connectivity index (χ0) is 10.4. The van der Waals surface area contributed by atoms with Gasteiger partial charge in [0, 0.05) is 18.3 Å². The molecule has 0 aliphatic heterocycles. The molecule has 74 valence electrons. The maximum absolute atomic E-state index is 10.1. The molecule has 3 N–H and O–H groups in total. The molecule has 0 aromatic carbocycles. The lowest BCUT2D eigenvalue weighted by molar-refractivity contribution is -0.130. The lowest BCUT2D eigenvalue weighted by Crippen LogP contribution is -2.00. The minimum atomic E-state index is -1.23. The van der Waals surface area contributed by atoms with Crippen molar-refractivity contribution in [2.75, 3.05) is 6.54 Å². The van der Waals surface area contributed by atoms with E-state index in [2.05, 4.69) is 16.1 Å². The van der Waals surface area contributed by atoms with Crippen molar-refractivity contribution >= 4 is 5.97 Å². The Morgan fingerprint density at radius 2 is 2.36 bits per heavy atom. The smallest absolute Gasteiger partial charge is 0.382 e. The Morgan fingerprint density at radius 1 is 1.57 bits per heavy atom. The second-order valence-corrected chi connectivity index (χ2v) is 2.45. The molecule has 1 rings (SSSR count). The van der Waals surface area contributed by atoms with Crippen molar-refractivity contribution in [2.24, 2.45) is 5.73 Å². The number of carboxylic acid groups (broad SMARTS) is 1. The number of rotatable bonds is 3. The first-order valence-corrected chi connectivity index (χ1v) is 3.99. The van der Waals surface area contributed by atoms with Gasteiger partial charge in [-0.05, 0) is 13.0 Å². The van der Waals surface area contributed by atoms with Crippen LogP contribution in [0.1, 0.15) is 18.2 Å². The van der Waals surface area contributed by atoms with Gasteiger partial charge in [-0.1, -0.05) is 5.10 Å². The summed E-state index contributed by atoms with van der Waals surface area (Å²) < 4.78 is 5.02. The lowest BCUT2D eigenvalue weighted by atomic mass is 10.3. The van der Waals surface area contributed by atoms with E-state index in [1.807, 2.05) is 5.92 Å². The molecule has 0 amide bonds. The molecule has 0 aliphatic rings.